The molecule has 2 N–H and O–H groups in total. The molecule has 2 aliphatic rings. The second kappa shape index (κ2) is 8.65. The molecule has 0 unspecified atom stereocenters. The summed E-state index contributed by atoms with van der Waals surface area (Å²) < 4.78 is 10.5. The van der Waals surface area contributed by atoms with Crippen LogP contribution in [0.25, 0.3) is 0 Å². The Balaban J connectivity index is 1.46. The summed E-state index contributed by atoms with van der Waals surface area (Å²) in [6.07, 6.45) is 2.93. The second-order valence-electron chi connectivity index (χ2n) is 6.84. The fourth-order valence-electron chi connectivity index (χ4n) is 3.68. The zero-order chi connectivity index (χ0) is 17.6. The van der Waals surface area contributed by atoms with Gasteiger partial charge in [0.15, 0.2) is 6.10 Å². The van der Waals surface area contributed by atoms with Gasteiger partial charge < -0.3 is 24.8 Å². The molecule has 25 heavy (non-hydrogen) atoms. The van der Waals surface area contributed by atoms with E-state index in [-0.39, 0.29) is 11.9 Å². The van der Waals surface area contributed by atoms with Crippen molar-refractivity contribution in [2.45, 2.75) is 43.9 Å². The largest absolute Gasteiger partial charge is 0.497 e. The first-order valence-corrected chi connectivity index (χ1v) is 9.11. The minimum atomic E-state index is -1.14. The Morgan fingerprint density at radius 3 is 2.44 bits per heavy atom. The van der Waals surface area contributed by atoms with Gasteiger partial charge in [-0.05, 0) is 43.4 Å². The molecule has 1 aromatic rings. The molecule has 2 fully saturated rings. The number of hydrogen-bond acceptors (Lipinski definition) is 5. The maximum Gasteiger partial charge on any atom is 0.253 e. The minimum Gasteiger partial charge on any atom is -0.497 e. The van der Waals surface area contributed by atoms with Crippen molar-refractivity contribution in [2.24, 2.45) is 0 Å². The minimum absolute atomic E-state index is 0.136. The Hall–Kier alpha value is -1.63. The van der Waals surface area contributed by atoms with E-state index in [9.17, 15) is 9.90 Å². The normalized spacial score (nSPS) is 21.7. The van der Waals surface area contributed by atoms with E-state index in [1.165, 1.54) is 0 Å². The number of ether oxygens (including phenoxy) is 2. The summed E-state index contributed by atoms with van der Waals surface area (Å²) in [6.45, 7) is 3.70. The van der Waals surface area contributed by atoms with Crippen molar-refractivity contribution in [2.75, 3.05) is 33.4 Å². The summed E-state index contributed by atoms with van der Waals surface area (Å²) in [7, 11) is 1.59. The average molecular weight is 348 g/mol. The first-order chi connectivity index (χ1) is 12.2. The summed E-state index contributed by atoms with van der Waals surface area (Å²) in [5.41, 5.74) is 0.581. The van der Waals surface area contributed by atoms with Crippen LogP contribution in [0.5, 0.6) is 5.75 Å². The highest BCUT2D eigenvalue weighted by Gasteiger charge is 2.28. The number of hydrogen-bond donors (Lipinski definition) is 2. The highest BCUT2D eigenvalue weighted by atomic mass is 16.5. The molecule has 1 aromatic carbocycles. The third kappa shape index (κ3) is 4.71. The molecule has 0 aromatic heterocycles. The smallest absolute Gasteiger partial charge is 0.253 e. The number of piperidine rings is 1. The van der Waals surface area contributed by atoms with E-state index in [1.807, 2.05) is 0 Å². The standard InChI is InChI=1S/C19H28N2O4/c1-24-17-4-2-14(3-5-17)18(22)19(23)20-15-6-10-21(11-7-15)16-8-12-25-13-9-16/h2-5,15-16,18,22H,6-13H2,1H3,(H,20,23)/t18-/m0/s1. The van der Waals surface area contributed by atoms with Gasteiger partial charge in [-0.2, -0.15) is 0 Å². The van der Waals surface area contributed by atoms with Crippen molar-refractivity contribution in [3.8, 4) is 5.75 Å². The lowest BCUT2D eigenvalue weighted by Gasteiger charge is -2.39. The van der Waals surface area contributed by atoms with Crippen molar-refractivity contribution >= 4 is 5.91 Å². The molecule has 0 aliphatic carbocycles. The van der Waals surface area contributed by atoms with Crippen LogP contribution in [0.15, 0.2) is 24.3 Å². The average Bonchev–Trinajstić information content (AvgIpc) is 2.68. The number of carbonyl (C=O) groups is 1. The third-order valence-corrected chi connectivity index (χ3v) is 5.26. The molecule has 2 heterocycles. The summed E-state index contributed by atoms with van der Waals surface area (Å²) in [5.74, 6) is 0.381. The summed E-state index contributed by atoms with van der Waals surface area (Å²) >= 11 is 0. The molecule has 0 spiro atoms. The molecule has 1 atom stereocenters. The number of nitrogens with zero attached hydrogens (tertiary/aromatic N) is 1. The van der Waals surface area contributed by atoms with Crippen LogP contribution in [0.2, 0.25) is 0 Å². The number of likely N-dealkylation sites (tertiary alicyclic amines) is 1. The molecule has 138 valence electrons. The van der Waals surface area contributed by atoms with Crippen molar-refractivity contribution < 1.29 is 19.4 Å². The van der Waals surface area contributed by atoms with Gasteiger partial charge in [-0.15, -0.1) is 0 Å². The van der Waals surface area contributed by atoms with E-state index in [2.05, 4.69) is 10.2 Å². The van der Waals surface area contributed by atoms with Gasteiger partial charge >= 0.3 is 0 Å². The van der Waals surface area contributed by atoms with Crippen LogP contribution in [-0.4, -0.2) is 61.4 Å². The maximum absolute atomic E-state index is 12.3. The predicted octanol–water partition coefficient (Wildman–Crippen LogP) is 1.49. The van der Waals surface area contributed by atoms with Gasteiger partial charge in [0.25, 0.3) is 5.91 Å². The van der Waals surface area contributed by atoms with Crippen LogP contribution in [0.3, 0.4) is 0 Å². The maximum atomic E-state index is 12.3. The highest BCUT2D eigenvalue weighted by molar-refractivity contribution is 5.82. The van der Waals surface area contributed by atoms with E-state index >= 15 is 0 Å². The van der Waals surface area contributed by atoms with Crippen LogP contribution >= 0.6 is 0 Å². The molecule has 6 nitrogen and oxygen atoms in total. The molecule has 0 radical (unpaired) electrons. The van der Waals surface area contributed by atoms with E-state index < -0.39 is 6.10 Å². The Labute approximate surface area is 149 Å². The van der Waals surface area contributed by atoms with E-state index in [4.69, 9.17) is 9.47 Å². The topological polar surface area (TPSA) is 71.0 Å². The number of nitrogens with one attached hydrogen (secondary N) is 1. The third-order valence-electron chi connectivity index (χ3n) is 5.26. The quantitative estimate of drug-likeness (QED) is 0.844. The van der Waals surface area contributed by atoms with E-state index in [0.717, 1.165) is 52.0 Å². The van der Waals surface area contributed by atoms with Gasteiger partial charge in [-0.25, -0.2) is 0 Å². The fraction of sp³-hybridized carbons (Fsp3) is 0.632. The number of benzene rings is 1. The number of aliphatic hydroxyl groups is 1. The fourth-order valence-corrected chi connectivity index (χ4v) is 3.68. The molecule has 3 rings (SSSR count). The highest BCUT2D eigenvalue weighted by Crippen LogP contribution is 2.21. The van der Waals surface area contributed by atoms with Crippen LogP contribution in [0.4, 0.5) is 0 Å². The van der Waals surface area contributed by atoms with E-state index in [0.29, 0.717) is 17.4 Å². The zero-order valence-corrected chi connectivity index (χ0v) is 14.8. The van der Waals surface area contributed by atoms with Crippen LogP contribution in [0, 0.1) is 0 Å². The molecule has 2 saturated heterocycles. The Morgan fingerprint density at radius 1 is 1.20 bits per heavy atom. The Morgan fingerprint density at radius 2 is 1.84 bits per heavy atom. The van der Waals surface area contributed by atoms with Crippen molar-refractivity contribution in [3.63, 3.8) is 0 Å². The molecular formula is C19H28N2O4. The molecule has 0 bridgehead atoms. The molecular weight excluding hydrogens is 320 g/mol. The zero-order valence-electron chi connectivity index (χ0n) is 14.8. The van der Waals surface area contributed by atoms with Crippen molar-refractivity contribution in [1.82, 2.24) is 10.2 Å². The number of amides is 1. The van der Waals surface area contributed by atoms with Gasteiger partial charge in [0.2, 0.25) is 0 Å². The van der Waals surface area contributed by atoms with Crippen molar-refractivity contribution in [3.05, 3.63) is 29.8 Å². The summed E-state index contributed by atoms with van der Waals surface area (Å²) in [5, 5.41) is 13.3. The summed E-state index contributed by atoms with van der Waals surface area (Å²) in [4.78, 5) is 14.8. The molecule has 0 saturated carbocycles. The lowest BCUT2D eigenvalue weighted by molar-refractivity contribution is -0.130. The van der Waals surface area contributed by atoms with Crippen molar-refractivity contribution in [1.29, 1.82) is 0 Å². The molecule has 6 heteroatoms. The lowest BCUT2D eigenvalue weighted by atomic mass is 9.99. The number of rotatable bonds is 5. The lowest BCUT2D eigenvalue weighted by Crippen LogP contribution is -2.49. The SMILES string of the molecule is COc1ccc([C@H](O)C(=O)NC2CCN(C3CCOCC3)CC2)cc1. The monoisotopic (exact) mass is 348 g/mol. The summed E-state index contributed by atoms with van der Waals surface area (Å²) in [6, 6.07) is 7.69. The van der Waals surface area contributed by atoms with E-state index in [1.54, 1.807) is 31.4 Å². The number of methoxy groups -OCH3 is 1. The number of carbonyl (C=O) groups excluding carboxylic acids is 1. The molecule has 1 amide bonds. The van der Waals surface area contributed by atoms with Gasteiger partial charge in [-0.1, -0.05) is 12.1 Å². The number of aliphatic hydroxyl groups excluding tert-OH is 1. The first kappa shape index (κ1) is 18.2. The van der Waals surface area contributed by atoms with Gasteiger partial charge in [0, 0.05) is 38.4 Å². The van der Waals surface area contributed by atoms with Crippen LogP contribution in [0.1, 0.15) is 37.4 Å². The first-order valence-electron chi connectivity index (χ1n) is 9.11. The molecule has 2 aliphatic heterocycles. The van der Waals surface area contributed by atoms with Crippen LogP contribution in [-0.2, 0) is 9.53 Å². The Bertz CT molecular complexity index is 549. The van der Waals surface area contributed by atoms with Crippen LogP contribution < -0.4 is 10.1 Å². The Kier molecular flexibility index (Phi) is 6.29. The van der Waals surface area contributed by atoms with Gasteiger partial charge in [-0.3, -0.25) is 4.79 Å². The van der Waals surface area contributed by atoms with Gasteiger partial charge in [0.1, 0.15) is 5.75 Å². The van der Waals surface area contributed by atoms with Gasteiger partial charge in [0.05, 0.1) is 7.11 Å². The second-order valence-corrected chi connectivity index (χ2v) is 6.84. The predicted molar refractivity (Wildman–Crippen MR) is 94.5 cm³/mol.